The minimum absolute atomic E-state index is 0.0865. The maximum absolute atomic E-state index is 12.1. The highest BCUT2D eigenvalue weighted by Crippen LogP contribution is 2.24. The lowest BCUT2D eigenvalue weighted by Gasteiger charge is -2.30. The SMILES string of the molecule is COc1ccc(C(=O)NCCCN2CCC[C@@H](C)C2)cc1Cl. The topological polar surface area (TPSA) is 41.6 Å². The summed E-state index contributed by atoms with van der Waals surface area (Å²) in [7, 11) is 1.56. The summed E-state index contributed by atoms with van der Waals surface area (Å²) in [5.41, 5.74) is 0.567. The summed E-state index contributed by atoms with van der Waals surface area (Å²) in [5.74, 6) is 1.29. The van der Waals surface area contributed by atoms with Crippen molar-refractivity contribution in [2.24, 2.45) is 5.92 Å². The number of hydrogen-bond donors (Lipinski definition) is 1. The van der Waals surface area contributed by atoms with E-state index in [4.69, 9.17) is 16.3 Å². The number of carbonyl (C=O) groups excluding carboxylic acids is 1. The highest BCUT2D eigenvalue weighted by Gasteiger charge is 2.15. The molecule has 0 aromatic heterocycles. The van der Waals surface area contributed by atoms with Crippen LogP contribution in [0.25, 0.3) is 0 Å². The first kappa shape index (κ1) is 17.1. The molecular weight excluding hydrogens is 300 g/mol. The van der Waals surface area contributed by atoms with Crippen LogP contribution in [-0.4, -0.2) is 44.1 Å². The highest BCUT2D eigenvalue weighted by atomic mass is 35.5. The molecule has 1 saturated heterocycles. The van der Waals surface area contributed by atoms with Gasteiger partial charge >= 0.3 is 0 Å². The standard InChI is InChI=1S/C17H25ClN2O2/c1-13-5-3-9-20(12-13)10-4-8-19-17(21)14-6-7-16(22-2)15(18)11-14/h6-7,11,13H,3-5,8-10,12H2,1-2H3,(H,19,21)/t13-/m1/s1. The van der Waals surface area contributed by atoms with E-state index in [1.54, 1.807) is 25.3 Å². The van der Waals surface area contributed by atoms with Crippen LogP contribution in [0.2, 0.25) is 5.02 Å². The summed E-state index contributed by atoms with van der Waals surface area (Å²) in [5, 5.41) is 3.41. The fourth-order valence-electron chi connectivity index (χ4n) is 2.90. The highest BCUT2D eigenvalue weighted by molar-refractivity contribution is 6.32. The molecule has 1 heterocycles. The summed E-state index contributed by atoms with van der Waals surface area (Å²) in [6, 6.07) is 5.08. The second-order valence-electron chi connectivity index (χ2n) is 6.01. The quantitative estimate of drug-likeness (QED) is 0.817. The molecule has 1 aliphatic rings. The van der Waals surface area contributed by atoms with E-state index in [9.17, 15) is 4.79 Å². The van der Waals surface area contributed by atoms with Gasteiger partial charge in [-0.15, -0.1) is 0 Å². The van der Waals surface area contributed by atoms with Crippen LogP contribution in [0.15, 0.2) is 18.2 Å². The fourth-order valence-corrected chi connectivity index (χ4v) is 3.16. The number of benzene rings is 1. The molecule has 1 aromatic carbocycles. The van der Waals surface area contributed by atoms with E-state index in [0.717, 1.165) is 18.9 Å². The van der Waals surface area contributed by atoms with Crippen molar-refractivity contribution in [2.45, 2.75) is 26.2 Å². The molecule has 22 heavy (non-hydrogen) atoms. The largest absolute Gasteiger partial charge is 0.495 e. The molecule has 0 bridgehead atoms. The van der Waals surface area contributed by atoms with Crippen LogP contribution in [0.5, 0.6) is 5.75 Å². The first-order chi connectivity index (χ1) is 10.6. The van der Waals surface area contributed by atoms with Crippen LogP contribution in [0.4, 0.5) is 0 Å². The lowest BCUT2D eigenvalue weighted by atomic mass is 10.0. The van der Waals surface area contributed by atoms with E-state index < -0.39 is 0 Å². The number of hydrogen-bond acceptors (Lipinski definition) is 3. The molecule has 122 valence electrons. The Morgan fingerprint density at radius 1 is 1.50 bits per heavy atom. The van der Waals surface area contributed by atoms with Gasteiger partial charge in [-0.05, 0) is 56.5 Å². The molecule has 4 nitrogen and oxygen atoms in total. The van der Waals surface area contributed by atoms with Gasteiger partial charge in [0.05, 0.1) is 12.1 Å². The van der Waals surface area contributed by atoms with Crippen molar-refractivity contribution in [3.8, 4) is 5.75 Å². The number of nitrogens with one attached hydrogen (secondary N) is 1. The normalized spacial score (nSPS) is 19.0. The number of halogens is 1. The van der Waals surface area contributed by atoms with Gasteiger partial charge in [-0.25, -0.2) is 0 Å². The Bertz CT molecular complexity index is 507. The molecule has 0 radical (unpaired) electrons. The van der Waals surface area contributed by atoms with Gasteiger partial charge in [0.25, 0.3) is 5.91 Å². The van der Waals surface area contributed by atoms with E-state index in [1.165, 1.54) is 25.9 Å². The molecule has 1 amide bonds. The van der Waals surface area contributed by atoms with Crippen LogP contribution in [0.1, 0.15) is 36.5 Å². The van der Waals surface area contributed by atoms with E-state index in [-0.39, 0.29) is 5.91 Å². The summed E-state index contributed by atoms with van der Waals surface area (Å²) in [6.07, 6.45) is 3.60. The Morgan fingerprint density at radius 3 is 3.00 bits per heavy atom. The molecule has 5 heteroatoms. The van der Waals surface area contributed by atoms with Crippen molar-refractivity contribution in [3.05, 3.63) is 28.8 Å². The molecular formula is C17H25ClN2O2. The molecule has 0 aliphatic carbocycles. The van der Waals surface area contributed by atoms with E-state index in [1.807, 2.05) is 0 Å². The van der Waals surface area contributed by atoms with Crippen LogP contribution in [0, 0.1) is 5.92 Å². The molecule has 0 saturated carbocycles. The molecule has 1 aromatic rings. The summed E-state index contributed by atoms with van der Waals surface area (Å²) < 4.78 is 5.08. The van der Waals surface area contributed by atoms with Gasteiger partial charge in [-0.1, -0.05) is 18.5 Å². The van der Waals surface area contributed by atoms with Crippen molar-refractivity contribution in [2.75, 3.05) is 33.3 Å². The van der Waals surface area contributed by atoms with Gasteiger partial charge in [0.2, 0.25) is 0 Å². The number of amides is 1. The average Bonchev–Trinajstić information content (AvgIpc) is 2.51. The van der Waals surface area contributed by atoms with Gasteiger partial charge in [0.15, 0.2) is 0 Å². The first-order valence-corrected chi connectivity index (χ1v) is 8.32. The lowest BCUT2D eigenvalue weighted by molar-refractivity contribution is 0.0950. The number of piperidine rings is 1. The fraction of sp³-hybridized carbons (Fsp3) is 0.588. The number of methoxy groups -OCH3 is 1. The predicted molar refractivity (Wildman–Crippen MR) is 89.8 cm³/mol. The second-order valence-corrected chi connectivity index (χ2v) is 6.41. The third-order valence-electron chi connectivity index (χ3n) is 4.09. The van der Waals surface area contributed by atoms with Crippen molar-refractivity contribution >= 4 is 17.5 Å². The third kappa shape index (κ3) is 4.89. The third-order valence-corrected chi connectivity index (χ3v) is 4.39. The number of likely N-dealkylation sites (tertiary alicyclic amines) is 1. The number of rotatable bonds is 6. The zero-order valence-electron chi connectivity index (χ0n) is 13.4. The average molecular weight is 325 g/mol. The molecule has 0 unspecified atom stereocenters. The Labute approximate surface area is 137 Å². The summed E-state index contributed by atoms with van der Waals surface area (Å²) >= 11 is 6.04. The van der Waals surface area contributed by atoms with E-state index in [0.29, 0.717) is 22.9 Å². The molecule has 0 spiro atoms. The molecule has 1 fully saturated rings. The Kier molecular flexibility index (Phi) is 6.52. The van der Waals surface area contributed by atoms with Gasteiger partial charge in [0, 0.05) is 18.7 Å². The maximum atomic E-state index is 12.1. The minimum Gasteiger partial charge on any atom is -0.495 e. The zero-order chi connectivity index (χ0) is 15.9. The number of carbonyl (C=O) groups is 1. The predicted octanol–water partition coefficient (Wildman–Crippen LogP) is 3.20. The van der Waals surface area contributed by atoms with Crippen LogP contribution in [0.3, 0.4) is 0 Å². The second kappa shape index (κ2) is 8.39. The lowest BCUT2D eigenvalue weighted by Crippen LogP contribution is -2.36. The summed E-state index contributed by atoms with van der Waals surface area (Å²) in [4.78, 5) is 14.6. The van der Waals surface area contributed by atoms with Gasteiger partial charge < -0.3 is 15.0 Å². The monoisotopic (exact) mass is 324 g/mol. The van der Waals surface area contributed by atoms with Crippen molar-refractivity contribution in [1.29, 1.82) is 0 Å². The Hall–Kier alpha value is -1.26. The van der Waals surface area contributed by atoms with Crippen LogP contribution >= 0.6 is 11.6 Å². The molecule has 1 aliphatic heterocycles. The van der Waals surface area contributed by atoms with Crippen molar-refractivity contribution in [1.82, 2.24) is 10.2 Å². The van der Waals surface area contributed by atoms with Crippen molar-refractivity contribution in [3.63, 3.8) is 0 Å². The van der Waals surface area contributed by atoms with E-state index >= 15 is 0 Å². The van der Waals surface area contributed by atoms with Gasteiger partial charge in [0.1, 0.15) is 5.75 Å². The summed E-state index contributed by atoms with van der Waals surface area (Å²) in [6.45, 7) is 6.41. The zero-order valence-corrected chi connectivity index (χ0v) is 14.2. The minimum atomic E-state index is -0.0865. The van der Waals surface area contributed by atoms with Crippen LogP contribution in [-0.2, 0) is 0 Å². The molecule has 2 rings (SSSR count). The van der Waals surface area contributed by atoms with E-state index in [2.05, 4.69) is 17.1 Å². The van der Waals surface area contributed by atoms with Gasteiger partial charge in [-0.3, -0.25) is 4.79 Å². The Morgan fingerprint density at radius 2 is 2.32 bits per heavy atom. The van der Waals surface area contributed by atoms with Crippen LogP contribution < -0.4 is 10.1 Å². The van der Waals surface area contributed by atoms with Gasteiger partial charge in [-0.2, -0.15) is 0 Å². The molecule has 1 N–H and O–H groups in total. The Balaban J connectivity index is 1.72. The maximum Gasteiger partial charge on any atom is 0.251 e. The molecule has 1 atom stereocenters. The smallest absolute Gasteiger partial charge is 0.251 e. The first-order valence-electron chi connectivity index (χ1n) is 7.94. The number of ether oxygens (including phenoxy) is 1. The van der Waals surface area contributed by atoms with Crippen molar-refractivity contribution < 1.29 is 9.53 Å². The number of nitrogens with zero attached hydrogens (tertiary/aromatic N) is 1.